The monoisotopic (exact) mass is 430 g/mol. The molecule has 0 unspecified atom stereocenters. The Kier molecular flexibility index (Phi) is 6.02. The maximum absolute atomic E-state index is 11.5. The summed E-state index contributed by atoms with van der Waals surface area (Å²) in [5.41, 5.74) is 6.39. The van der Waals surface area contributed by atoms with Crippen molar-refractivity contribution < 1.29 is 9.53 Å². The number of amides is 1. The van der Waals surface area contributed by atoms with E-state index in [2.05, 4.69) is 44.1 Å². The average Bonchev–Trinajstić information content (AvgIpc) is 3.25. The van der Waals surface area contributed by atoms with Crippen LogP contribution >= 0.6 is 0 Å². The first-order valence-electron chi connectivity index (χ1n) is 10.4. The van der Waals surface area contributed by atoms with E-state index in [1.54, 1.807) is 7.11 Å². The van der Waals surface area contributed by atoms with E-state index in [0.717, 1.165) is 46.1 Å². The van der Waals surface area contributed by atoms with Gasteiger partial charge in [-0.15, -0.1) is 0 Å². The Labute approximate surface area is 187 Å². The lowest BCUT2D eigenvalue weighted by Crippen LogP contribution is -2.20. The smallest absolute Gasteiger partial charge is 0.229 e. The molecule has 0 aliphatic heterocycles. The molecule has 1 amide bonds. The number of hydrogen-bond acceptors (Lipinski definition) is 7. The molecule has 4 rings (SSSR count). The van der Waals surface area contributed by atoms with Crippen molar-refractivity contribution in [3.8, 4) is 17.0 Å². The van der Waals surface area contributed by atoms with Gasteiger partial charge in [0.2, 0.25) is 11.9 Å². The van der Waals surface area contributed by atoms with Crippen LogP contribution in [-0.2, 0) is 17.8 Å². The lowest BCUT2D eigenvalue weighted by Gasteiger charge is -2.15. The van der Waals surface area contributed by atoms with Crippen LogP contribution in [0.15, 0.2) is 36.4 Å². The van der Waals surface area contributed by atoms with Crippen LogP contribution in [0.25, 0.3) is 17.3 Å². The van der Waals surface area contributed by atoms with Crippen LogP contribution in [0.3, 0.4) is 0 Å². The quantitative estimate of drug-likeness (QED) is 0.523. The van der Waals surface area contributed by atoms with Crippen LogP contribution in [0, 0.1) is 6.92 Å². The summed E-state index contributed by atoms with van der Waals surface area (Å²) in [5, 5.41) is 9.17. The number of fused-ring (bicyclic) bond motifs is 1. The molecule has 0 saturated carbocycles. The zero-order valence-electron chi connectivity index (χ0n) is 18.6. The molecule has 0 spiro atoms. The van der Waals surface area contributed by atoms with Crippen LogP contribution in [0.4, 0.5) is 17.5 Å². The Balaban J connectivity index is 1.73. The zero-order valence-corrected chi connectivity index (χ0v) is 18.6. The molecule has 0 bridgehead atoms. The molecule has 164 valence electrons. The lowest BCUT2D eigenvalue weighted by atomic mass is 10.0. The molecule has 2 heterocycles. The van der Waals surface area contributed by atoms with E-state index in [-0.39, 0.29) is 5.91 Å². The summed E-state index contributed by atoms with van der Waals surface area (Å²) in [6.45, 7) is 3.80. The predicted octanol–water partition coefficient (Wildman–Crippen LogP) is 3.85. The van der Waals surface area contributed by atoms with Gasteiger partial charge < -0.3 is 20.7 Å². The Hall–Kier alpha value is -3.94. The van der Waals surface area contributed by atoms with E-state index >= 15 is 0 Å². The minimum atomic E-state index is -0.0872. The van der Waals surface area contributed by atoms with Gasteiger partial charge in [0.05, 0.1) is 25.0 Å². The van der Waals surface area contributed by atoms with E-state index < -0.39 is 0 Å². The maximum Gasteiger partial charge on any atom is 0.229 e. The molecule has 32 heavy (non-hydrogen) atoms. The number of anilines is 3. The van der Waals surface area contributed by atoms with Crippen molar-refractivity contribution in [2.24, 2.45) is 0 Å². The van der Waals surface area contributed by atoms with E-state index in [0.29, 0.717) is 18.2 Å². The second-order valence-electron chi connectivity index (χ2n) is 7.55. The first kappa shape index (κ1) is 21.3. The van der Waals surface area contributed by atoms with Crippen molar-refractivity contribution in [1.82, 2.24) is 20.3 Å². The Morgan fingerprint density at radius 2 is 2.00 bits per heavy atom. The molecule has 0 saturated heterocycles. The molecule has 0 radical (unpaired) electrons. The summed E-state index contributed by atoms with van der Waals surface area (Å²) in [5.74, 6) is 1.86. The van der Waals surface area contributed by atoms with Gasteiger partial charge in [-0.2, -0.15) is 4.98 Å². The van der Waals surface area contributed by atoms with Gasteiger partial charge in [0.15, 0.2) is 0 Å². The number of ether oxygens (including phenoxy) is 1. The summed E-state index contributed by atoms with van der Waals surface area (Å²) in [7, 11) is 3.46. The van der Waals surface area contributed by atoms with Gasteiger partial charge >= 0.3 is 0 Å². The van der Waals surface area contributed by atoms with Crippen molar-refractivity contribution in [3.63, 3.8) is 0 Å². The Bertz CT molecular complexity index is 1210. The molecule has 8 nitrogen and oxygen atoms in total. The van der Waals surface area contributed by atoms with E-state index in [9.17, 15) is 4.79 Å². The van der Waals surface area contributed by atoms with Crippen molar-refractivity contribution in [3.05, 3.63) is 58.9 Å². The maximum atomic E-state index is 11.5. The lowest BCUT2D eigenvalue weighted by molar-refractivity contribution is -0.119. The van der Waals surface area contributed by atoms with Crippen LogP contribution in [0.1, 0.15) is 29.4 Å². The van der Waals surface area contributed by atoms with Gasteiger partial charge in [-0.3, -0.25) is 9.78 Å². The number of benzene rings is 1. The number of carbonyl (C=O) groups excluding carboxylic acids is 1. The number of hydrogen-bond donors (Lipinski definition) is 3. The fourth-order valence-corrected chi connectivity index (χ4v) is 3.69. The number of methoxy groups -OCH3 is 1. The van der Waals surface area contributed by atoms with Crippen molar-refractivity contribution >= 4 is 29.4 Å². The van der Waals surface area contributed by atoms with Crippen molar-refractivity contribution in [2.75, 3.05) is 24.8 Å². The van der Waals surface area contributed by atoms with E-state index in [1.807, 2.05) is 38.2 Å². The molecule has 1 aliphatic rings. The molecule has 3 N–H and O–H groups in total. The molecule has 3 aromatic rings. The number of aryl methyl sites for hydroxylation is 1. The molecule has 8 heteroatoms. The number of nitrogens with one attached hydrogen (secondary N) is 3. The molecular weight excluding hydrogens is 404 g/mol. The van der Waals surface area contributed by atoms with Gasteiger partial charge in [0.1, 0.15) is 11.6 Å². The summed E-state index contributed by atoms with van der Waals surface area (Å²) in [6, 6.07) is 9.75. The highest BCUT2D eigenvalue weighted by Crippen LogP contribution is 2.35. The topological polar surface area (TPSA) is 101 Å². The summed E-state index contributed by atoms with van der Waals surface area (Å²) in [4.78, 5) is 25.3. The molecule has 0 fully saturated rings. The van der Waals surface area contributed by atoms with Crippen LogP contribution in [-0.4, -0.2) is 35.0 Å². The minimum Gasteiger partial charge on any atom is -0.496 e. The highest BCUT2D eigenvalue weighted by Gasteiger charge is 2.17. The minimum absolute atomic E-state index is 0.0872. The largest absolute Gasteiger partial charge is 0.496 e. The highest BCUT2D eigenvalue weighted by atomic mass is 16.5. The first-order chi connectivity index (χ1) is 15.5. The number of carbonyl (C=O) groups is 1. The third-order valence-corrected chi connectivity index (χ3v) is 5.19. The number of allylic oxidation sites excluding steroid dienone is 1. The molecule has 2 aromatic heterocycles. The standard InChI is InChI=1S/C24H26N6O2/c1-14-10-23(25-3)30-24(27-14)28-17-8-9-22(32-4)19(12-17)20-11-16-6-5-7-18(16)21(29-20)13-26-15(2)31/h5,7-12H,6,13H2,1-4H3,(H,26,31)(H2,25,27,28,30). The van der Waals surface area contributed by atoms with E-state index in [1.165, 1.54) is 12.5 Å². The van der Waals surface area contributed by atoms with Gasteiger partial charge in [-0.1, -0.05) is 12.2 Å². The second-order valence-corrected chi connectivity index (χ2v) is 7.55. The van der Waals surface area contributed by atoms with Gasteiger partial charge in [-0.25, -0.2) is 4.98 Å². The third kappa shape index (κ3) is 4.54. The van der Waals surface area contributed by atoms with Crippen molar-refractivity contribution in [1.29, 1.82) is 0 Å². The van der Waals surface area contributed by atoms with Gasteiger partial charge in [-0.05, 0) is 43.2 Å². The van der Waals surface area contributed by atoms with Crippen LogP contribution in [0.2, 0.25) is 0 Å². The van der Waals surface area contributed by atoms with Gasteiger partial charge in [0, 0.05) is 42.5 Å². The summed E-state index contributed by atoms with van der Waals surface area (Å²) in [6.07, 6.45) is 5.01. The molecule has 1 aromatic carbocycles. The van der Waals surface area contributed by atoms with Crippen molar-refractivity contribution in [2.45, 2.75) is 26.8 Å². The predicted molar refractivity (Wildman–Crippen MR) is 126 cm³/mol. The highest BCUT2D eigenvalue weighted by molar-refractivity contribution is 5.77. The number of pyridine rings is 1. The molecule has 0 atom stereocenters. The fourth-order valence-electron chi connectivity index (χ4n) is 3.69. The normalized spacial score (nSPS) is 11.8. The Morgan fingerprint density at radius 3 is 2.75 bits per heavy atom. The second kappa shape index (κ2) is 9.05. The van der Waals surface area contributed by atoms with Crippen LogP contribution < -0.4 is 20.7 Å². The first-order valence-corrected chi connectivity index (χ1v) is 10.4. The zero-order chi connectivity index (χ0) is 22.7. The molecular formula is C24H26N6O2. The molecule has 1 aliphatic carbocycles. The third-order valence-electron chi connectivity index (χ3n) is 5.19. The van der Waals surface area contributed by atoms with Gasteiger partial charge in [0.25, 0.3) is 0 Å². The number of rotatable bonds is 7. The number of nitrogens with zero attached hydrogens (tertiary/aromatic N) is 3. The van der Waals surface area contributed by atoms with E-state index in [4.69, 9.17) is 9.72 Å². The fraction of sp³-hybridized carbons (Fsp3) is 0.250. The average molecular weight is 431 g/mol. The Morgan fingerprint density at radius 1 is 1.16 bits per heavy atom. The van der Waals surface area contributed by atoms with Crippen LogP contribution in [0.5, 0.6) is 5.75 Å². The number of aromatic nitrogens is 3. The SMILES string of the molecule is CNc1cc(C)nc(Nc2ccc(OC)c(-c3cc4c(c(CNC(C)=O)n3)C=CC4)c2)n1. The summed E-state index contributed by atoms with van der Waals surface area (Å²) >= 11 is 0. The summed E-state index contributed by atoms with van der Waals surface area (Å²) < 4.78 is 5.62.